The number of halogens is 2. The van der Waals surface area contributed by atoms with Gasteiger partial charge in [0.2, 0.25) is 0 Å². The minimum absolute atomic E-state index is 0.0762. The van der Waals surface area contributed by atoms with Gasteiger partial charge in [0, 0.05) is 5.02 Å². The lowest BCUT2D eigenvalue weighted by Crippen LogP contribution is -2.06. The van der Waals surface area contributed by atoms with Crippen LogP contribution in [-0.2, 0) is 0 Å². The van der Waals surface area contributed by atoms with Gasteiger partial charge in [0.1, 0.15) is 5.82 Å². The molecule has 0 spiro atoms. The second-order valence-corrected chi connectivity index (χ2v) is 3.81. The number of aromatic nitrogens is 2. The van der Waals surface area contributed by atoms with E-state index in [1.54, 1.807) is 6.92 Å². The average molecular weight is 242 g/mol. The van der Waals surface area contributed by atoms with Gasteiger partial charge in [0.15, 0.2) is 5.82 Å². The molecule has 84 valence electrons. The first-order valence-electron chi connectivity index (χ1n) is 4.62. The second-order valence-electron chi connectivity index (χ2n) is 3.37. The van der Waals surface area contributed by atoms with Gasteiger partial charge in [0.05, 0.1) is 11.6 Å². The summed E-state index contributed by atoms with van der Waals surface area (Å²) in [7, 11) is 0. The van der Waals surface area contributed by atoms with Crippen LogP contribution in [0.15, 0.2) is 22.7 Å². The van der Waals surface area contributed by atoms with Gasteiger partial charge in [-0.1, -0.05) is 16.8 Å². The van der Waals surface area contributed by atoms with Crippen LogP contribution in [0.2, 0.25) is 5.02 Å². The van der Waals surface area contributed by atoms with E-state index in [1.807, 2.05) is 0 Å². The number of nitrogens with two attached hydrogens (primary N) is 1. The van der Waals surface area contributed by atoms with Crippen molar-refractivity contribution in [2.75, 3.05) is 0 Å². The third kappa shape index (κ3) is 2.05. The molecule has 6 heteroatoms. The number of hydrogen-bond acceptors (Lipinski definition) is 4. The molecule has 0 fully saturated rings. The van der Waals surface area contributed by atoms with Crippen molar-refractivity contribution in [3.8, 4) is 11.5 Å². The van der Waals surface area contributed by atoms with E-state index in [2.05, 4.69) is 10.1 Å². The van der Waals surface area contributed by atoms with Gasteiger partial charge in [0.25, 0.3) is 5.89 Å². The van der Waals surface area contributed by atoms with Crippen molar-refractivity contribution in [1.29, 1.82) is 0 Å². The van der Waals surface area contributed by atoms with Crippen LogP contribution in [0.5, 0.6) is 0 Å². The second kappa shape index (κ2) is 4.19. The van der Waals surface area contributed by atoms with Crippen molar-refractivity contribution in [2.45, 2.75) is 13.0 Å². The Kier molecular flexibility index (Phi) is 2.89. The largest absolute Gasteiger partial charge is 0.334 e. The van der Waals surface area contributed by atoms with E-state index in [4.69, 9.17) is 21.9 Å². The summed E-state index contributed by atoms with van der Waals surface area (Å²) in [5.74, 6) is -0.0639. The van der Waals surface area contributed by atoms with Crippen LogP contribution in [0.3, 0.4) is 0 Å². The number of nitrogens with zero attached hydrogens (tertiary/aromatic N) is 2. The molecule has 16 heavy (non-hydrogen) atoms. The molecule has 0 bridgehead atoms. The maximum atomic E-state index is 13.4. The summed E-state index contributed by atoms with van der Waals surface area (Å²) < 4.78 is 18.4. The minimum Gasteiger partial charge on any atom is -0.334 e. The van der Waals surface area contributed by atoms with Gasteiger partial charge in [-0.15, -0.1) is 0 Å². The molecule has 1 atom stereocenters. The fourth-order valence-corrected chi connectivity index (χ4v) is 1.36. The molecule has 1 heterocycles. The van der Waals surface area contributed by atoms with Crippen LogP contribution in [-0.4, -0.2) is 10.1 Å². The van der Waals surface area contributed by atoms with Crippen LogP contribution in [0.25, 0.3) is 11.5 Å². The highest BCUT2D eigenvalue weighted by atomic mass is 35.5. The molecule has 2 aromatic rings. The number of rotatable bonds is 2. The average Bonchev–Trinajstić information content (AvgIpc) is 2.70. The fourth-order valence-electron chi connectivity index (χ4n) is 1.19. The predicted octanol–water partition coefficient (Wildman–Crippen LogP) is 2.55. The SMILES string of the molecule is CC(N)c1noc(-c2cc(Cl)ccc2F)n1. The Morgan fingerprint density at radius 1 is 1.50 bits per heavy atom. The Morgan fingerprint density at radius 3 is 2.88 bits per heavy atom. The number of hydrogen-bond donors (Lipinski definition) is 1. The topological polar surface area (TPSA) is 64.9 Å². The maximum absolute atomic E-state index is 13.4. The van der Waals surface area contributed by atoms with Gasteiger partial charge < -0.3 is 10.3 Å². The molecule has 2 N–H and O–H groups in total. The Morgan fingerprint density at radius 2 is 2.25 bits per heavy atom. The molecule has 0 saturated carbocycles. The van der Waals surface area contributed by atoms with Crippen LogP contribution < -0.4 is 5.73 Å². The number of benzene rings is 1. The first kappa shape index (κ1) is 11.0. The smallest absolute Gasteiger partial charge is 0.261 e. The molecule has 0 saturated heterocycles. The molecular weight excluding hydrogens is 233 g/mol. The van der Waals surface area contributed by atoms with Crippen molar-refractivity contribution >= 4 is 11.6 Å². The lowest BCUT2D eigenvalue weighted by molar-refractivity contribution is 0.416. The predicted molar refractivity (Wildman–Crippen MR) is 57.3 cm³/mol. The Bertz CT molecular complexity index is 513. The highest BCUT2D eigenvalue weighted by molar-refractivity contribution is 6.30. The van der Waals surface area contributed by atoms with Crippen molar-refractivity contribution in [2.24, 2.45) is 5.73 Å². The van der Waals surface area contributed by atoms with Crippen molar-refractivity contribution in [1.82, 2.24) is 10.1 Å². The first-order valence-corrected chi connectivity index (χ1v) is 5.00. The summed E-state index contributed by atoms with van der Waals surface area (Å²) in [5, 5.41) is 4.04. The molecule has 0 aliphatic rings. The van der Waals surface area contributed by atoms with E-state index < -0.39 is 5.82 Å². The molecule has 0 aliphatic carbocycles. The quantitative estimate of drug-likeness (QED) is 0.878. The molecule has 0 amide bonds. The molecule has 0 aliphatic heterocycles. The maximum Gasteiger partial charge on any atom is 0.261 e. The van der Waals surface area contributed by atoms with E-state index in [1.165, 1.54) is 18.2 Å². The Labute approximate surface area is 96.2 Å². The Hall–Kier alpha value is -1.46. The molecule has 4 nitrogen and oxygen atoms in total. The summed E-state index contributed by atoms with van der Waals surface area (Å²) in [6.07, 6.45) is 0. The summed E-state index contributed by atoms with van der Waals surface area (Å²) in [4.78, 5) is 3.98. The van der Waals surface area contributed by atoms with E-state index >= 15 is 0 Å². The van der Waals surface area contributed by atoms with Crippen LogP contribution >= 0.6 is 11.6 Å². The first-order chi connectivity index (χ1) is 7.58. The van der Waals surface area contributed by atoms with Crippen LogP contribution in [0, 0.1) is 5.82 Å². The molecule has 1 aromatic heterocycles. The zero-order chi connectivity index (χ0) is 11.7. The summed E-state index contributed by atoms with van der Waals surface area (Å²) in [5.41, 5.74) is 5.74. The highest BCUT2D eigenvalue weighted by Gasteiger charge is 2.15. The lowest BCUT2D eigenvalue weighted by atomic mass is 10.2. The van der Waals surface area contributed by atoms with Crippen molar-refractivity contribution in [3.05, 3.63) is 34.9 Å². The van der Waals surface area contributed by atoms with Crippen molar-refractivity contribution < 1.29 is 8.91 Å². The van der Waals surface area contributed by atoms with Gasteiger partial charge in [-0.2, -0.15) is 4.98 Å². The molecular formula is C10H9ClFN3O. The van der Waals surface area contributed by atoms with E-state index in [-0.39, 0.29) is 17.5 Å². The monoisotopic (exact) mass is 241 g/mol. The standard InChI is InChI=1S/C10H9ClFN3O/c1-5(13)9-14-10(16-15-9)7-4-6(11)2-3-8(7)12/h2-5H,13H2,1H3. The molecule has 0 radical (unpaired) electrons. The zero-order valence-corrected chi connectivity index (χ0v) is 9.20. The normalized spacial score (nSPS) is 12.8. The van der Waals surface area contributed by atoms with Gasteiger partial charge >= 0.3 is 0 Å². The fraction of sp³-hybridized carbons (Fsp3) is 0.200. The molecule has 1 aromatic carbocycles. The van der Waals surface area contributed by atoms with Crippen LogP contribution in [0.4, 0.5) is 4.39 Å². The van der Waals surface area contributed by atoms with E-state index in [0.717, 1.165) is 0 Å². The van der Waals surface area contributed by atoms with Gasteiger partial charge in [-0.3, -0.25) is 0 Å². The highest BCUT2D eigenvalue weighted by Crippen LogP contribution is 2.25. The Balaban J connectivity index is 2.46. The van der Waals surface area contributed by atoms with Crippen LogP contribution in [0.1, 0.15) is 18.8 Å². The third-order valence-corrected chi connectivity index (χ3v) is 2.24. The minimum atomic E-state index is -0.468. The van der Waals surface area contributed by atoms with E-state index in [0.29, 0.717) is 10.8 Å². The summed E-state index contributed by atoms with van der Waals surface area (Å²) in [6, 6.07) is 3.76. The lowest BCUT2D eigenvalue weighted by Gasteiger charge is -1.97. The van der Waals surface area contributed by atoms with E-state index in [9.17, 15) is 4.39 Å². The molecule has 1 unspecified atom stereocenters. The summed E-state index contributed by atoms with van der Waals surface area (Å²) >= 11 is 5.75. The summed E-state index contributed by atoms with van der Waals surface area (Å²) in [6.45, 7) is 1.71. The molecule has 2 rings (SSSR count). The van der Waals surface area contributed by atoms with Crippen molar-refractivity contribution in [3.63, 3.8) is 0 Å². The van der Waals surface area contributed by atoms with Gasteiger partial charge in [-0.05, 0) is 25.1 Å². The third-order valence-electron chi connectivity index (χ3n) is 2.01. The van der Waals surface area contributed by atoms with Gasteiger partial charge in [-0.25, -0.2) is 4.39 Å². The zero-order valence-electron chi connectivity index (χ0n) is 8.45.